The molecule has 1 aliphatic rings. The molecule has 160 valence electrons. The third-order valence-corrected chi connectivity index (χ3v) is 6.19. The summed E-state index contributed by atoms with van der Waals surface area (Å²) in [5, 5.41) is 13.7. The number of aromatic nitrogens is 5. The maximum Gasteiger partial charge on any atom is 0.258 e. The minimum Gasteiger partial charge on any atom is -0.376 e. The molecule has 8 heteroatoms. The molecule has 1 saturated heterocycles. The number of H-pyrrole nitrogens is 1. The summed E-state index contributed by atoms with van der Waals surface area (Å²) in [6, 6.07) is 5.95. The Morgan fingerprint density at radius 1 is 1.27 bits per heavy atom. The van der Waals surface area contributed by atoms with E-state index in [1.54, 1.807) is 0 Å². The van der Waals surface area contributed by atoms with Crippen molar-refractivity contribution in [2.24, 2.45) is 0 Å². The zero-order chi connectivity index (χ0) is 21.3. The molecule has 1 aromatic carbocycles. The summed E-state index contributed by atoms with van der Waals surface area (Å²) in [7, 11) is 0. The van der Waals surface area contributed by atoms with Gasteiger partial charge in [-0.2, -0.15) is 0 Å². The van der Waals surface area contributed by atoms with Crippen molar-refractivity contribution in [1.82, 2.24) is 25.2 Å². The van der Waals surface area contributed by atoms with Crippen molar-refractivity contribution in [3.05, 3.63) is 51.1 Å². The van der Waals surface area contributed by atoms with Gasteiger partial charge < -0.3 is 14.6 Å². The Kier molecular flexibility index (Phi) is 5.97. The second-order valence-corrected chi connectivity index (χ2v) is 8.25. The number of aryl methyl sites for hydroxylation is 2. The van der Waals surface area contributed by atoms with E-state index in [4.69, 9.17) is 4.74 Å². The van der Waals surface area contributed by atoms with Crippen LogP contribution in [0.4, 0.5) is 0 Å². The summed E-state index contributed by atoms with van der Waals surface area (Å²) in [6.45, 7) is 11.5. The summed E-state index contributed by atoms with van der Waals surface area (Å²) in [5.74, 6) is 0.721. The number of quaternary nitrogens is 1. The van der Waals surface area contributed by atoms with Gasteiger partial charge in [-0.15, -0.1) is 5.10 Å². The van der Waals surface area contributed by atoms with Crippen molar-refractivity contribution in [3.8, 4) is 0 Å². The summed E-state index contributed by atoms with van der Waals surface area (Å²) >= 11 is 0. The number of benzene rings is 1. The van der Waals surface area contributed by atoms with Crippen molar-refractivity contribution >= 4 is 10.9 Å². The lowest BCUT2D eigenvalue weighted by atomic mass is 10.00. The van der Waals surface area contributed by atoms with Gasteiger partial charge in [-0.25, -0.2) is 4.68 Å². The highest BCUT2D eigenvalue weighted by atomic mass is 16.5. The highest BCUT2D eigenvalue weighted by Gasteiger charge is 2.33. The van der Waals surface area contributed by atoms with Crippen LogP contribution >= 0.6 is 0 Å². The van der Waals surface area contributed by atoms with Crippen molar-refractivity contribution < 1.29 is 9.64 Å². The van der Waals surface area contributed by atoms with Gasteiger partial charge in [0.1, 0.15) is 0 Å². The second kappa shape index (κ2) is 8.65. The molecule has 0 amide bonds. The third kappa shape index (κ3) is 3.89. The summed E-state index contributed by atoms with van der Waals surface area (Å²) in [5.41, 5.74) is 3.78. The number of rotatable bonds is 7. The van der Waals surface area contributed by atoms with Crippen LogP contribution in [0.5, 0.6) is 0 Å². The van der Waals surface area contributed by atoms with E-state index in [1.807, 2.05) is 23.7 Å². The molecule has 0 aliphatic carbocycles. The Hall–Kier alpha value is -2.58. The maximum atomic E-state index is 13.2. The summed E-state index contributed by atoms with van der Waals surface area (Å²) < 4.78 is 7.63. The average molecular weight is 412 g/mol. The van der Waals surface area contributed by atoms with Crippen LogP contribution < -0.4 is 10.5 Å². The lowest BCUT2D eigenvalue weighted by Crippen LogP contribution is -3.12. The van der Waals surface area contributed by atoms with E-state index in [2.05, 4.69) is 47.3 Å². The molecule has 1 aliphatic heterocycles. The predicted molar refractivity (Wildman–Crippen MR) is 115 cm³/mol. The van der Waals surface area contributed by atoms with E-state index in [9.17, 15) is 4.79 Å². The molecule has 4 rings (SSSR count). The van der Waals surface area contributed by atoms with Crippen molar-refractivity contribution in [3.63, 3.8) is 0 Å². The van der Waals surface area contributed by atoms with E-state index in [0.29, 0.717) is 12.1 Å². The topological polar surface area (TPSA) is 90.1 Å². The highest BCUT2D eigenvalue weighted by molar-refractivity contribution is 5.83. The Balaban J connectivity index is 1.84. The third-order valence-electron chi connectivity index (χ3n) is 6.19. The van der Waals surface area contributed by atoms with Gasteiger partial charge in [0.05, 0.1) is 31.3 Å². The standard InChI is InChI=1S/C22H30N6O2/c1-5-27(6-2)20(21-24-25-26-28(21)13-16-8-7-9-30-16)18-12-17-15(4)10-14(3)11-19(17)23-22(18)29/h10-12,16,20H,5-9,13H2,1-4H3,(H,23,29)/p+1/t16-,20-/m0/s1. The largest absolute Gasteiger partial charge is 0.376 e. The lowest BCUT2D eigenvalue weighted by Gasteiger charge is -2.26. The monoisotopic (exact) mass is 411 g/mol. The Bertz CT molecular complexity index is 1080. The van der Waals surface area contributed by atoms with Gasteiger partial charge in [0, 0.05) is 17.5 Å². The summed E-state index contributed by atoms with van der Waals surface area (Å²) in [4.78, 5) is 17.6. The molecular formula is C22H31N6O2+. The summed E-state index contributed by atoms with van der Waals surface area (Å²) in [6.07, 6.45) is 2.20. The first kappa shape index (κ1) is 20.7. The molecule has 2 atom stereocenters. The van der Waals surface area contributed by atoms with E-state index >= 15 is 0 Å². The molecule has 1 fully saturated rings. The molecule has 2 aromatic heterocycles. The number of tetrazole rings is 1. The fraction of sp³-hybridized carbons (Fsp3) is 0.545. The van der Waals surface area contributed by atoms with Crippen LogP contribution in [0.25, 0.3) is 10.9 Å². The zero-order valence-corrected chi connectivity index (χ0v) is 18.2. The molecule has 8 nitrogen and oxygen atoms in total. The molecule has 0 unspecified atom stereocenters. The molecule has 3 aromatic rings. The number of pyridine rings is 1. The van der Waals surface area contributed by atoms with Crippen molar-refractivity contribution in [2.45, 2.75) is 59.2 Å². The average Bonchev–Trinajstić information content (AvgIpc) is 3.38. The first-order valence-electron chi connectivity index (χ1n) is 10.9. The van der Waals surface area contributed by atoms with Crippen LogP contribution in [-0.4, -0.2) is 51.0 Å². The molecule has 0 saturated carbocycles. The number of hydrogen-bond donors (Lipinski definition) is 2. The van der Waals surface area contributed by atoms with Crippen LogP contribution in [-0.2, 0) is 11.3 Å². The van der Waals surface area contributed by atoms with Gasteiger partial charge in [0.15, 0.2) is 6.04 Å². The molecule has 0 radical (unpaired) electrons. The molecule has 2 N–H and O–H groups in total. The normalized spacial score (nSPS) is 17.8. The van der Waals surface area contributed by atoms with Crippen LogP contribution in [0.2, 0.25) is 0 Å². The number of nitrogens with one attached hydrogen (secondary N) is 2. The zero-order valence-electron chi connectivity index (χ0n) is 18.2. The minimum atomic E-state index is -0.245. The smallest absolute Gasteiger partial charge is 0.258 e. The molecule has 3 heterocycles. The van der Waals surface area contributed by atoms with E-state index in [0.717, 1.165) is 60.4 Å². The van der Waals surface area contributed by atoms with Crippen molar-refractivity contribution in [1.29, 1.82) is 0 Å². The van der Waals surface area contributed by atoms with Gasteiger partial charge in [0.25, 0.3) is 5.56 Å². The number of fused-ring (bicyclic) bond motifs is 1. The lowest BCUT2D eigenvalue weighted by molar-refractivity contribution is -0.923. The Morgan fingerprint density at radius 2 is 2.07 bits per heavy atom. The number of nitrogens with zero attached hydrogens (tertiary/aromatic N) is 4. The van der Waals surface area contributed by atoms with Gasteiger partial charge >= 0.3 is 0 Å². The van der Waals surface area contributed by atoms with Gasteiger partial charge in [-0.05, 0) is 74.2 Å². The van der Waals surface area contributed by atoms with Gasteiger partial charge in [-0.1, -0.05) is 6.07 Å². The Morgan fingerprint density at radius 3 is 2.77 bits per heavy atom. The molecule has 0 bridgehead atoms. The molecular weight excluding hydrogens is 380 g/mol. The predicted octanol–water partition coefficient (Wildman–Crippen LogP) is 1.32. The van der Waals surface area contributed by atoms with Crippen molar-refractivity contribution in [2.75, 3.05) is 19.7 Å². The maximum absolute atomic E-state index is 13.2. The fourth-order valence-corrected chi connectivity index (χ4v) is 4.63. The fourth-order valence-electron chi connectivity index (χ4n) is 4.63. The van der Waals surface area contributed by atoms with Crippen LogP contribution in [0, 0.1) is 13.8 Å². The SMILES string of the molecule is CC[NH+](CC)[C@@H](c1cc2c(C)cc(C)cc2[nH]c1=O)c1nnnn1C[C@@H]1CCCO1. The van der Waals surface area contributed by atoms with Gasteiger partial charge in [-0.3, -0.25) is 4.79 Å². The highest BCUT2D eigenvalue weighted by Crippen LogP contribution is 2.23. The van der Waals surface area contributed by atoms with Crippen LogP contribution in [0.3, 0.4) is 0 Å². The second-order valence-electron chi connectivity index (χ2n) is 8.25. The number of hydrogen-bond acceptors (Lipinski definition) is 5. The number of ether oxygens (including phenoxy) is 1. The molecule has 0 spiro atoms. The van der Waals surface area contributed by atoms with Crippen LogP contribution in [0.1, 0.15) is 55.2 Å². The van der Waals surface area contributed by atoms with E-state index in [-0.39, 0.29) is 17.7 Å². The van der Waals surface area contributed by atoms with E-state index < -0.39 is 0 Å². The molecule has 30 heavy (non-hydrogen) atoms. The Labute approximate surface area is 176 Å². The van der Waals surface area contributed by atoms with Crippen LogP contribution in [0.15, 0.2) is 23.0 Å². The van der Waals surface area contributed by atoms with E-state index in [1.165, 1.54) is 4.90 Å². The minimum absolute atomic E-state index is 0.0800. The number of aromatic amines is 1. The first-order chi connectivity index (χ1) is 14.5. The first-order valence-corrected chi connectivity index (χ1v) is 10.9. The quantitative estimate of drug-likeness (QED) is 0.612. The van der Waals surface area contributed by atoms with Gasteiger partial charge in [0.2, 0.25) is 5.82 Å².